The van der Waals surface area contributed by atoms with Crippen molar-refractivity contribution >= 4 is 35.6 Å². The van der Waals surface area contributed by atoms with E-state index in [4.69, 9.17) is 9.47 Å². The van der Waals surface area contributed by atoms with Crippen LogP contribution in [0.4, 0.5) is 4.79 Å². The lowest BCUT2D eigenvalue weighted by atomic mass is 9.96. The van der Waals surface area contributed by atoms with Gasteiger partial charge in [-0.1, -0.05) is 26.0 Å². The molecule has 0 fully saturated rings. The summed E-state index contributed by atoms with van der Waals surface area (Å²) < 4.78 is 10.4. The van der Waals surface area contributed by atoms with Crippen molar-refractivity contribution in [3.8, 4) is 5.75 Å². The first-order chi connectivity index (χ1) is 19.2. The fraction of sp³-hybridized carbons (Fsp3) is 0.667. The first-order valence-corrected chi connectivity index (χ1v) is 15.6. The molecule has 0 aliphatic rings. The Morgan fingerprint density at radius 1 is 1.02 bits per heavy atom. The van der Waals surface area contributed by atoms with Gasteiger partial charge >= 0.3 is 12.1 Å². The molecule has 0 saturated heterocycles. The van der Waals surface area contributed by atoms with Crippen LogP contribution in [0.15, 0.2) is 24.3 Å². The topological polar surface area (TPSA) is 134 Å². The molecule has 3 atom stereocenters. The summed E-state index contributed by atoms with van der Waals surface area (Å²) >= 11 is 1.54. The molecular formula is C30H49N3O7S. The van der Waals surface area contributed by atoms with Gasteiger partial charge in [0.05, 0.1) is 13.0 Å². The molecule has 1 aromatic carbocycles. The molecule has 0 spiro atoms. The SMILES string of the molecule is CCOC(=O)CCNC(=O)C(c1ccc(O)cc1)N(C(=O)C(CCSC)NC(=O)OC(C)(C)C)C(C)CCC(C)C. The van der Waals surface area contributed by atoms with Crippen LogP contribution in [0.25, 0.3) is 0 Å². The number of phenols is 1. The number of nitrogens with zero attached hydrogens (tertiary/aromatic N) is 1. The van der Waals surface area contributed by atoms with Gasteiger partial charge in [-0.05, 0) is 89.5 Å². The summed E-state index contributed by atoms with van der Waals surface area (Å²) in [6, 6.07) is 3.71. The molecular weight excluding hydrogens is 546 g/mol. The number of aromatic hydroxyl groups is 1. The summed E-state index contributed by atoms with van der Waals surface area (Å²) in [5.41, 5.74) is -0.267. The molecule has 0 aromatic heterocycles. The summed E-state index contributed by atoms with van der Waals surface area (Å²) in [6.45, 7) is 13.3. The maximum atomic E-state index is 14.3. The van der Waals surface area contributed by atoms with Crippen LogP contribution in [0.1, 0.15) is 85.8 Å². The highest BCUT2D eigenvalue weighted by Crippen LogP contribution is 2.29. The average molecular weight is 596 g/mol. The Balaban J connectivity index is 3.52. The van der Waals surface area contributed by atoms with Crippen LogP contribution in [0, 0.1) is 5.92 Å². The van der Waals surface area contributed by atoms with Gasteiger partial charge in [0.2, 0.25) is 11.8 Å². The number of hydrogen-bond donors (Lipinski definition) is 3. The van der Waals surface area contributed by atoms with E-state index in [0.29, 0.717) is 30.1 Å². The highest BCUT2D eigenvalue weighted by molar-refractivity contribution is 7.98. The van der Waals surface area contributed by atoms with Crippen LogP contribution >= 0.6 is 11.8 Å². The second-order valence-corrected chi connectivity index (χ2v) is 12.4. The zero-order valence-electron chi connectivity index (χ0n) is 25.8. The van der Waals surface area contributed by atoms with Crippen LogP contribution < -0.4 is 10.6 Å². The van der Waals surface area contributed by atoms with Crippen molar-refractivity contribution in [1.82, 2.24) is 15.5 Å². The molecule has 0 aliphatic heterocycles. The number of hydrogen-bond acceptors (Lipinski definition) is 8. The predicted molar refractivity (Wildman–Crippen MR) is 162 cm³/mol. The normalized spacial score (nSPS) is 13.6. The van der Waals surface area contributed by atoms with Gasteiger partial charge in [0.15, 0.2) is 0 Å². The van der Waals surface area contributed by atoms with Gasteiger partial charge in [-0.25, -0.2) is 4.79 Å². The van der Waals surface area contributed by atoms with Gasteiger partial charge in [-0.2, -0.15) is 11.8 Å². The Kier molecular flexibility index (Phi) is 15.6. The molecule has 10 nitrogen and oxygen atoms in total. The Bertz CT molecular complexity index is 979. The van der Waals surface area contributed by atoms with Gasteiger partial charge in [0.1, 0.15) is 23.4 Å². The Morgan fingerprint density at radius 2 is 1.66 bits per heavy atom. The smallest absolute Gasteiger partial charge is 0.408 e. The van der Waals surface area contributed by atoms with Crippen LogP contribution in [-0.2, 0) is 23.9 Å². The van der Waals surface area contributed by atoms with Crippen molar-refractivity contribution in [1.29, 1.82) is 0 Å². The van der Waals surface area contributed by atoms with E-state index >= 15 is 0 Å². The molecule has 0 aliphatic carbocycles. The molecule has 0 heterocycles. The molecule has 3 N–H and O–H groups in total. The van der Waals surface area contributed by atoms with E-state index in [0.717, 1.165) is 6.42 Å². The average Bonchev–Trinajstić information content (AvgIpc) is 2.87. The van der Waals surface area contributed by atoms with Crippen molar-refractivity contribution < 1.29 is 33.8 Å². The fourth-order valence-corrected chi connectivity index (χ4v) is 4.62. The first-order valence-electron chi connectivity index (χ1n) is 14.2. The van der Waals surface area contributed by atoms with E-state index in [1.807, 2.05) is 13.2 Å². The number of nitrogens with one attached hydrogen (secondary N) is 2. The van der Waals surface area contributed by atoms with Crippen molar-refractivity contribution in [3.63, 3.8) is 0 Å². The highest BCUT2D eigenvalue weighted by Gasteiger charge is 2.38. The van der Waals surface area contributed by atoms with E-state index in [2.05, 4.69) is 24.5 Å². The molecule has 41 heavy (non-hydrogen) atoms. The molecule has 3 unspecified atom stereocenters. The number of alkyl carbamates (subject to hydrolysis) is 1. The first kappa shape index (κ1) is 36.1. The Labute approximate surface area is 249 Å². The molecule has 3 amide bonds. The summed E-state index contributed by atoms with van der Waals surface area (Å²) in [5.74, 6) is -0.357. The van der Waals surface area contributed by atoms with Crippen LogP contribution in [0.3, 0.4) is 0 Å². The van der Waals surface area contributed by atoms with Crippen molar-refractivity contribution in [2.24, 2.45) is 5.92 Å². The Hall–Kier alpha value is -2.95. The van der Waals surface area contributed by atoms with Crippen LogP contribution in [0.5, 0.6) is 5.75 Å². The number of carbonyl (C=O) groups is 4. The molecule has 11 heteroatoms. The van der Waals surface area contributed by atoms with E-state index in [-0.39, 0.29) is 31.4 Å². The molecule has 0 saturated carbocycles. The summed E-state index contributed by atoms with van der Waals surface area (Å²) in [4.78, 5) is 54.2. The Morgan fingerprint density at radius 3 is 2.20 bits per heavy atom. The number of amides is 3. The summed E-state index contributed by atoms with van der Waals surface area (Å²) in [5, 5.41) is 15.4. The molecule has 1 aromatic rings. The second-order valence-electron chi connectivity index (χ2n) is 11.4. The predicted octanol–water partition coefficient (Wildman–Crippen LogP) is 4.80. The lowest BCUT2D eigenvalue weighted by Gasteiger charge is -2.39. The third-order valence-corrected chi connectivity index (χ3v) is 6.80. The number of ether oxygens (including phenoxy) is 2. The number of esters is 1. The number of thioether (sulfide) groups is 1. The van der Waals surface area contributed by atoms with E-state index in [1.165, 1.54) is 28.8 Å². The quantitative estimate of drug-likeness (QED) is 0.232. The molecule has 232 valence electrons. The number of phenolic OH excluding ortho intramolecular Hbond substituents is 1. The third-order valence-electron chi connectivity index (χ3n) is 6.16. The number of benzene rings is 1. The van der Waals surface area contributed by atoms with Gasteiger partial charge in [-0.15, -0.1) is 0 Å². The van der Waals surface area contributed by atoms with E-state index in [1.54, 1.807) is 39.8 Å². The zero-order chi connectivity index (χ0) is 31.2. The lowest BCUT2D eigenvalue weighted by molar-refractivity contribution is -0.146. The standard InChI is InChI=1S/C30H49N3O7S/c1-9-39-25(35)16-18-31-27(36)26(22-12-14-23(34)15-13-22)33(21(4)11-10-20(2)3)28(37)24(17-19-41-8)32-29(38)40-30(5,6)7/h12-15,20-21,24,26,34H,9-11,16-19H2,1-8H3,(H,31,36)(H,32,38). The molecule has 0 radical (unpaired) electrons. The molecule has 1 rings (SSSR count). The van der Waals surface area contributed by atoms with Gasteiger partial charge < -0.3 is 30.1 Å². The third kappa shape index (κ3) is 13.5. The highest BCUT2D eigenvalue weighted by atomic mass is 32.2. The monoisotopic (exact) mass is 595 g/mol. The van der Waals surface area contributed by atoms with Crippen LogP contribution in [0.2, 0.25) is 0 Å². The van der Waals surface area contributed by atoms with Gasteiger partial charge in [0.25, 0.3) is 0 Å². The largest absolute Gasteiger partial charge is 0.508 e. The fourth-order valence-electron chi connectivity index (χ4n) is 4.15. The second kappa shape index (κ2) is 17.8. The van der Waals surface area contributed by atoms with Crippen LogP contribution in [-0.4, -0.2) is 76.7 Å². The minimum absolute atomic E-state index is 0.0186. The molecule has 0 bridgehead atoms. The van der Waals surface area contributed by atoms with Crippen molar-refractivity contribution in [3.05, 3.63) is 29.8 Å². The van der Waals surface area contributed by atoms with Crippen molar-refractivity contribution in [2.75, 3.05) is 25.2 Å². The van der Waals surface area contributed by atoms with Crippen molar-refractivity contribution in [2.45, 2.75) is 97.9 Å². The summed E-state index contributed by atoms with van der Waals surface area (Å²) in [7, 11) is 0. The van der Waals surface area contributed by atoms with Gasteiger partial charge in [-0.3, -0.25) is 14.4 Å². The number of carbonyl (C=O) groups excluding carboxylic acids is 4. The maximum absolute atomic E-state index is 14.3. The lowest BCUT2D eigenvalue weighted by Crippen LogP contribution is -2.55. The summed E-state index contributed by atoms with van der Waals surface area (Å²) in [6.07, 6.45) is 2.94. The minimum Gasteiger partial charge on any atom is -0.508 e. The van der Waals surface area contributed by atoms with Gasteiger partial charge in [0, 0.05) is 12.6 Å². The minimum atomic E-state index is -1.08. The maximum Gasteiger partial charge on any atom is 0.408 e. The van der Waals surface area contributed by atoms with E-state index in [9.17, 15) is 24.3 Å². The van der Waals surface area contributed by atoms with E-state index < -0.39 is 41.6 Å². The number of rotatable bonds is 16. The zero-order valence-corrected chi connectivity index (χ0v) is 26.6.